The highest BCUT2D eigenvalue weighted by molar-refractivity contribution is 5.89. The van der Waals surface area contributed by atoms with Crippen molar-refractivity contribution in [3.8, 4) is 11.8 Å². The Kier molecular flexibility index (Phi) is 7.60. The van der Waals surface area contributed by atoms with Crippen LogP contribution in [-0.4, -0.2) is 6.04 Å². The maximum Gasteiger partial charge on any atom is 0.0560 e. The van der Waals surface area contributed by atoms with Crippen LogP contribution in [0.1, 0.15) is 107 Å². The highest BCUT2D eigenvalue weighted by atomic mass is 15.2. The van der Waals surface area contributed by atoms with E-state index < -0.39 is 0 Å². The Hall–Kier alpha value is -3.76. The topological polar surface area (TPSA) is 3.24 Å². The van der Waals surface area contributed by atoms with Gasteiger partial charge in [0.2, 0.25) is 0 Å². The van der Waals surface area contributed by atoms with Crippen molar-refractivity contribution in [2.45, 2.75) is 108 Å². The molecule has 0 N–H and O–H groups in total. The van der Waals surface area contributed by atoms with Gasteiger partial charge in [-0.1, -0.05) is 104 Å². The Balaban J connectivity index is 0.985. The lowest BCUT2D eigenvalue weighted by Crippen LogP contribution is -2.47. The summed E-state index contributed by atoms with van der Waals surface area (Å²) in [5.74, 6) is 16.3. The second kappa shape index (κ2) is 12.6. The van der Waals surface area contributed by atoms with Crippen LogP contribution in [-0.2, 0) is 5.41 Å². The molecule has 1 nitrogen and oxygen atoms in total. The standard InChI is InChI=1S/C53H57N/c1-3-14-34(15-4-1)35-26-28-37(29-27-35)54(36-16-5-2-6-17-36)38-30-31-49-45(32-38)41-20-9-11-24-47(41)53(49)48-25-12-10-21-43(48)52-44-23-13-22-42-39-18-7-8-19-40(39)46(51(42)44)33-50(52)53/h1-3,5-6,9,14,16-17,20,26-28,30-32,37,39-40,42-44,46,48,50-52H,4,8,10-13,15,19,21-25,29,33H2. The van der Waals surface area contributed by atoms with Gasteiger partial charge in [-0.2, -0.15) is 0 Å². The van der Waals surface area contributed by atoms with E-state index in [0.29, 0.717) is 12.0 Å². The van der Waals surface area contributed by atoms with E-state index in [4.69, 9.17) is 0 Å². The summed E-state index contributed by atoms with van der Waals surface area (Å²) in [5, 5.41) is 0. The van der Waals surface area contributed by atoms with Crippen LogP contribution in [0.4, 0.5) is 11.4 Å². The van der Waals surface area contributed by atoms with Crippen molar-refractivity contribution in [3.05, 3.63) is 125 Å². The molecular formula is C53H57N. The predicted octanol–water partition coefficient (Wildman–Crippen LogP) is 12.9. The van der Waals surface area contributed by atoms with Gasteiger partial charge < -0.3 is 4.90 Å². The molecule has 274 valence electrons. The van der Waals surface area contributed by atoms with E-state index in [1.807, 2.05) is 5.57 Å². The molecule has 0 bridgehead atoms. The number of benzene rings is 2. The molecule has 0 saturated heterocycles. The molecule has 0 heterocycles. The summed E-state index contributed by atoms with van der Waals surface area (Å²) in [6.45, 7) is 0. The second-order valence-corrected chi connectivity index (χ2v) is 19.1. The molecule has 1 spiro atoms. The molecule has 12 atom stereocenters. The first kappa shape index (κ1) is 32.5. The minimum Gasteiger partial charge on any atom is -0.334 e. The van der Waals surface area contributed by atoms with Gasteiger partial charge in [0.25, 0.3) is 0 Å². The first-order valence-corrected chi connectivity index (χ1v) is 22.4. The smallest absolute Gasteiger partial charge is 0.0560 e. The molecule has 0 amide bonds. The fourth-order valence-corrected chi connectivity index (χ4v) is 16.0. The number of nitrogens with zero attached hydrogens (tertiary/aromatic N) is 1. The van der Waals surface area contributed by atoms with E-state index in [1.165, 1.54) is 93.2 Å². The van der Waals surface area contributed by atoms with Crippen LogP contribution in [0.5, 0.6) is 0 Å². The lowest BCUT2D eigenvalue weighted by molar-refractivity contribution is -0.0203. The number of para-hydroxylation sites is 1. The zero-order chi connectivity index (χ0) is 35.4. The van der Waals surface area contributed by atoms with Gasteiger partial charge in [-0.05, 0) is 176 Å². The summed E-state index contributed by atoms with van der Waals surface area (Å²) in [7, 11) is 0. The molecule has 0 aromatic heterocycles. The quantitative estimate of drug-likeness (QED) is 0.286. The molecule has 0 aliphatic heterocycles. The number of rotatable bonds is 4. The van der Waals surface area contributed by atoms with Crippen LogP contribution in [0.3, 0.4) is 0 Å². The van der Waals surface area contributed by atoms with Crippen molar-refractivity contribution >= 4 is 16.9 Å². The van der Waals surface area contributed by atoms with Crippen molar-refractivity contribution in [2.24, 2.45) is 59.2 Å². The Morgan fingerprint density at radius 3 is 2.50 bits per heavy atom. The second-order valence-electron chi connectivity index (χ2n) is 19.1. The van der Waals surface area contributed by atoms with E-state index in [1.54, 1.807) is 16.7 Å². The molecular weight excluding hydrogens is 651 g/mol. The summed E-state index contributed by atoms with van der Waals surface area (Å²) in [6.07, 6.45) is 39.5. The van der Waals surface area contributed by atoms with Gasteiger partial charge in [0.15, 0.2) is 0 Å². The maximum absolute atomic E-state index is 3.93. The number of hydrogen-bond acceptors (Lipinski definition) is 1. The first-order valence-electron chi connectivity index (χ1n) is 22.4. The van der Waals surface area contributed by atoms with Crippen molar-refractivity contribution in [1.29, 1.82) is 0 Å². The average molecular weight is 708 g/mol. The van der Waals surface area contributed by atoms with E-state index in [2.05, 4.69) is 114 Å². The number of anilines is 2. The highest BCUT2D eigenvalue weighted by Crippen LogP contribution is 2.76. The zero-order valence-electron chi connectivity index (χ0n) is 32.1. The normalized spacial score (nSPS) is 40.4. The van der Waals surface area contributed by atoms with Crippen LogP contribution >= 0.6 is 0 Å². The molecule has 5 saturated carbocycles. The number of allylic oxidation sites excluding steroid dienone is 10. The predicted molar refractivity (Wildman–Crippen MR) is 223 cm³/mol. The summed E-state index contributed by atoms with van der Waals surface area (Å²) in [5.41, 5.74) is 12.7. The zero-order valence-corrected chi connectivity index (χ0v) is 32.1. The van der Waals surface area contributed by atoms with E-state index >= 15 is 0 Å². The lowest BCUT2D eigenvalue weighted by atomic mass is 9.52. The molecule has 10 aliphatic carbocycles. The van der Waals surface area contributed by atoms with Crippen molar-refractivity contribution in [3.63, 3.8) is 0 Å². The van der Waals surface area contributed by atoms with Crippen LogP contribution in [0, 0.1) is 71.0 Å². The van der Waals surface area contributed by atoms with Crippen molar-refractivity contribution in [1.82, 2.24) is 0 Å². The van der Waals surface area contributed by atoms with Crippen LogP contribution in [0.25, 0.3) is 5.57 Å². The van der Waals surface area contributed by atoms with Crippen LogP contribution in [0.15, 0.2) is 114 Å². The molecule has 10 aliphatic rings. The third-order valence-electron chi connectivity index (χ3n) is 17.4. The van der Waals surface area contributed by atoms with Crippen molar-refractivity contribution in [2.75, 3.05) is 4.90 Å². The Morgan fingerprint density at radius 1 is 0.722 bits per heavy atom. The molecule has 12 rings (SSSR count). The largest absolute Gasteiger partial charge is 0.334 e. The third kappa shape index (κ3) is 4.53. The summed E-state index contributed by atoms with van der Waals surface area (Å²) >= 11 is 0. The first-order chi connectivity index (χ1) is 26.8. The molecule has 12 unspecified atom stereocenters. The maximum atomic E-state index is 3.93. The molecule has 1 heteroatoms. The van der Waals surface area contributed by atoms with E-state index in [0.717, 1.165) is 78.9 Å². The van der Waals surface area contributed by atoms with Gasteiger partial charge >= 0.3 is 0 Å². The van der Waals surface area contributed by atoms with Gasteiger partial charge in [0, 0.05) is 29.1 Å². The lowest BCUT2D eigenvalue weighted by Gasteiger charge is -2.52. The summed E-state index contributed by atoms with van der Waals surface area (Å²) in [4.78, 5) is 2.66. The van der Waals surface area contributed by atoms with Gasteiger partial charge in [-0.3, -0.25) is 0 Å². The van der Waals surface area contributed by atoms with E-state index in [9.17, 15) is 0 Å². The Labute approximate surface area is 324 Å². The summed E-state index contributed by atoms with van der Waals surface area (Å²) in [6, 6.07) is 19.5. The fraction of sp³-hybridized carbons (Fsp3) is 0.509. The van der Waals surface area contributed by atoms with Crippen LogP contribution in [0.2, 0.25) is 0 Å². The Morgan fingerprint density at radius 2 is 1.61 bits per heavy atom. The summed E-state index contributed by atoms with van der Waals surface area (Å²) < 4.78 is 0. The molecule has 2 aromatic carbocycles. The fourth-order valence-electron chi connectivity index (χ4n) is 16.0. The minimum atomic E-state index is 0.238. The molecule has 0 radical (unpaired) electrons. The van der Waals surface area contributed by atoms with Crippen LogP contribution < -0.4 is 4.90 Å². The number of hydrogen-bond donors (Lipinski definition) is 0. The van der Waals surface area contributed by atoms with Gasteiger partial charge in [-0.15, -0.1) is 5.92 Å². The highest BCUT2D eigenvalue weighted by Gasteiger charge is 2.71. The molecule has 5 fully saturated rings. The van der Waals surface area contributed by atoms with Gasteiger partial charge in [0.05, 0.1) is 6.04 Å². The Bertz CT molecular complexity index is 2110. The molecule has 2 aromatic rings. The van der Waals surface area contributed by atoms with Gasteiger partial charge in [-0.25, -0.2) is 0 Å². The minimum absolute atomic E-state index is 0.238. The average Bonchev–Trinajstić information content (AvgIpc) is 3.84. The van der Waals surface area contributed by atoms with Crippen molar-refractivity contribution < 1.29 is 0 Å². The van der Waals surface area contributed by atoms with Gasteiger partial charge in [0.1, 0.15) is 0 Å². The van der Waals surface area contributed by atoms with E-state index in [-0.39, 0.29) is 5.41 Å². The molecule has 54 heavy (non-hydrogen) atoms. The monoisotopic (exact) mass is 707 g/mol. The number of fused-ring (bicyclic) bond motifs is 13. The SMILES string of the molecule is C1#CC2C(CC1)C1CC3C(C4CCCC2C14)C1CCCCC1C31C2=C(C=CCC2)c2cc(N(c3ccccc3)C3C=CC(C4=CC=CCC4)=CC3)ccc21. The third-order valence-corrected chi connectivity index (χ3v) is 17.4.